The smallest absolute Gasteiger partial charge is 0.276 e. The maximum Gasteiger partial charge on any atom is 0.276 e. The minimum atomic E-state index is -0.174. The molecular weight excluding hydrogens is 256 g/mol. The van der Waals surface area contributed by atoms with Crippen LogP contribution in [-0.4, -0.2) is 40.3 Å². The molecule has 0 spiro atoms. The van der Waals surface area contributed by atoms with Gasteiger partial charge in [-0.2, -0.15) is 0 Å². The molecule has 0 radical (unpaired) electrons. The molecule has 104 valence electrons. The number of amides is 1. The van der Waals surface area contributed by atoms with Crippen LogP contribution in [0.25, 0.3) is 11.3 Å². The number of aliphatic hydroxyl groups is 1. The highest BCUT2D eigenvalue weighted by Crippen LogP contribution is 2.28. The zero-order chi connectivity index (χ0) is 13.9. The molecule has 1 aromatic heterocycles. The van der Waals surface area contributed by atoms with Gasteiger partial charge in [0.05, 0.1) is 6.61 Å². The molecule has 1 aromatic carbocycles. The first-order chi connectivity index (χ1) is 9.79. The highest BCUT2D eigenvalue weighted by Gasteiger charge is 2.33. The zero-order valence-electron chi connectivity index (χ0n) is 11.0. The summed E-state index contributed by atoms with van der Waals surface area (Å²) in [4.78, 5) is 14.0. The van der Waals surface area contributed by atoms with E-state index >= 15 is 0 Å². The molecule has 1 amide bonds. The second kappa shape index (κ2) is 5.46. The van der Waals surface area contributed by atoms with E-state index in [1.54, 1.807) is 11.0 Å². The summed E-state index contributed by atoms with van der Waals surface area (Å²) in [5.41, 5.74) is 1.18. The molecule has 3 rings (SSSR count). The van der Waals surface area contributed by atoms with E-state index < -0.39 is 0 Å². The quantitative estimate of drug-likeness (QED) is 0.903. The molecule has 20 heavy (non-hydrogen) atoms. The molecule has 0 saturated heterocycles. The van der Waals surface area contributed by atoms with Gasteiger partial charge in [-0.05, 0) is 12.8 Å². The van der Waals surface area contributed by atoms with E-state index in [0.29, 0.717) is 18.0 Å². The summed E-state index contributed by atoms with van der Waals surface area (Å²) in [5, 5.41) is 12.9. The summed E-state index contributed by atoms with van der Waals surface area (Å²) in [6.45, 7) is 0.308. The van der Waals surface area contributed by atoms with Crippen molar-refractivity contribution in [3.05, 3.63) is 42.1 Å². The predicted molar refractivity (Wildman–Crippen MR) is 73.1 cm³/mol. The van der Waals surface area contributed by atoms with Crippen LogP contribution in [0.3, 0.4) is 0 Å². The minimum absolute atomic E-state index is 0.0361. The maximum absolute atomic E-state index is 12.4. The Labute approximate surface area is 116 Å². The lowest BCUT2D eigenvalue weighted by molar-refractivity contribution is 0.0697. The topological polar surface area (TPSA) is 66.6 Å². The summed E-state index contributed by atoms with van der Waals surface area (Å²) < 4.78 is 5.24. The number of hydrogen-bond acceptors (Lipinski definition) is 4. The Bertz CT molecular complexity index is 590. The Morgan fingerprint density at radius 2 is 2.10 bits per heavy atom. The Kier molecular flexibility index (Phi) is 3.52. The molecule has 0 aliphatic heterocycles. The Balaban J connectivity index is 1.80. The molecule has 5 nitrogen and oxygen atoms in total. The van der Waals surface area contributed by atoms with Gasteiger partial charge in [0.25, 0.3) is 5.91 Å². The Morgan fingerprint density at radius 3 is 2.75 bits per heavy atom. The SMILES string of the molecule is O=C(c1cc(-c2ccccc2)on1)N(CCO)C1CC1. The van der Waals surface area contributed by atoms with Gasteiger partial charge in [-0.3, -0.25) is 4.79 Å². The molecule has 1 saturated carbocycles. The highest BCUT2D eigenvalue weighted by atomic mass is 16.5. The Hall–Kier alpha value is -2.14. The van der Waals surface area contributed by atoms with Crippen molar-refractivity contribution < 1.29 is 14.4 Å². The van der Waals surface area contributed by atoms with Crippen LogP contribution in [0.1, 0.15) is 23.3 Å². The summed E-state index contributed by atoms with van der Waals surface area (Å²) in [5.74, 6) is 0.404. The fourth-order valence-electron chi connectivity index (χ4n) is 2.21. The molecule has 2 aromatic rings. The van der Waals surface area contributed by atoms with Gasteiger partial charge in [-0.15, -0.1) is 0 Å². The molecular formula is C15H16N2O3. The fraction of sp³-hybridized carbons (Fsp3) is 0.333. The number of aromatic nitrogens is 1. The van der Waals surface area contributed by atoms with Gasteiger partial charge in [-0.25, -0.2) is 0 Å². The first-order valence-electron chi connectivity index (χ1n) is 6.73. The third-order valence-corrected chi connectivity index (χ3v) is 3.38. The van der Waals surface area contributed by atoms with Crippen molar-refractivity contribution in [3.63, 3.8) is 0 Å². The van der Waals surface area contributed by atoms with Gasteiger partial charge in [0, 0.05) is 24.2 Å². The molecule has 1 fully saturated rings. The van der Waals surface area contributed by atoms with Gasteiger partial charge in [0.2, 0.25) is 0 Å². The zero-order valence-corrected chi connectivity index (χ0v) is 11.0. The van der Waals surface area contributed by atoms with Crippen LogP contribution < -0.4 is 0 Å². The summed E-state index contributed by atoms with van der Waals surface area (Å²) >= 11 is 0. The number of carbonyl (C=O) groups is 1. The van der Waals surface area contributed by atoms with Gasteiger partial charge in [0.15, 0.2) is 11.5 Å². The lowest BCUT2D eigenvalue weighted by atomic mass is 10.1. The van der Waals surface area contributed by atoms with Crippen LogP contribution in [0.15, 0.2) is 40.9 Å². The van der Waals surface area contributed by atoms with Crippen LogP contribution in [-0.2, 0) is 0 Å². The fourth-order valence-corrected chi connectivity index (χ4v) is 2.21. The normalized spacial score (nSPS) is 14.2. The molecule has 5 heteroatoms. The third-order valence-electron chi connectivity index (χ3n) is 3.38. The van der Waals surface area contributed by atoms with Crippen LogP contribution in [0.5, 0.6) is 0 Å². The van der Waals surface area contributed by atoms with Gasteiger partial charge < -0.3 is 14.5 Å². The van der Waals surface area contributed by atoms with E-state index in [-0.39, 0.29) is 18.6 Å². The summed E-state index contributed by atoms with van der Waals surface area (Å²) in [6, 6.07) is 11.4. The van der Waals surface area contributed by atoms with E-state index in [4.69, 9.17) is 9.63 Å². The van der Waals surface area contributed by atoms with E-state index in [2.05, 4.69) is 5.16 Å². The predicted octanol–water partition coefficient (Wildman–Crippen LogP) is 1.94. The Morgan fingerprint density at radius 1 is 1.35 bits per heavy atom. The number of rotatable bonds is 5. The first kappa shape index (κ1) is 12.9. The van der Waals surface area contributed by atoms with Crippen LogP contribution in [0.4, 0.5) is 0 Å². The summed E-state index contributed by atoms with van der Waals surface area (Å²) in [6.07, 6.45) is 1.99. The van der Waals surface area contributed by atoms with Crippen molar-refractivity contribution in [1.82, 2.24) is 10.1 Å². The number of carbonyl (C=O) groups excluding carboxylic acids is 1. The average Bonchev–Trinajstić information content (AvgIpc) is 3.21. The number of nitrogens with zero attached hydrogens (tertiary/aromatic N) is 2. The van der Waals surface area contributed by atoms with Crippen molar-refractivity contribution >= 4 is 5.91 Å². The highest BCUT2D eigenvalue weighted by molar-refractivity contribution is 5.93. The monoisotopic (exact) mass is 272 g/mol. The molecule has 1 heterocycles. The number of aliphatic hydroxyl groups excluding tert-OH is 1. The lowest BCUT2D eigenvalue weighted by Gasteiger charge is -2.19. The third kappa shape index (κ3) is 2.58. The van der Waals surface area contributed by atoms with Crippen LogP contribution in [0, 0.1) is 0 Å². The maximum atomic E-state index is 12.4. The molecule has 1 aliphatic rings. The van der Waals surface area contributed by atoms with E-state index in [0.717, 1.165) is 18.4 Å². The molecule has 1 N–H and O–H groups in total. The van der Waals surface area contributed by atoms with Gasteiger partial charge >= 0.3 is 0 Å². The van der Waals surface area contributed by atoms with Crippen LogP contribution >= 0.6 is 0 Å². The second-order valence-electron chi connectivity index (χ2n) is 4.90. The minimum Gasteiger partial charge on any atom is -0.395 e. The van der Waals surface area contributed by atoms with Gasteiger partial charge in [0.1, 0.15) is 0 Å². The molecule has 0 atom stereocenters. The molecule has 0 unspecified atom stereocenters. The van der Waals surface area contributed by atoms with E-state index in [1.807, 2.05) is 30.3 Å². The molecule has 0 bridgehead atoms. The number of hydrogen-bond donors (Lipinski definition) is 1. The molecule has 1 aliphatic carbocycles. The van der Waals surface area contributed by atoms with E-state index in [1.165, 1.54) is 0 Å². The van der Waals surface area contributed by atoms with Crippen molar-refractivity contribution in [2.75, 3.05) is 13.2 Å². The largest absolute Gasteiger partial charge is 0.395 e. The van der Waals surface area contributed by atoms with Crippen molar-refractivity contribution in [1.29, 1.82) is 0 Å². The van der Waals surface area contributed by atoms with Crippen LogP contribution in [0.2, 0.25) is 0 Å². The van der Waals surface area contributed by atoms with Gasteiger partial charge in [-0.1, -0.05) is 35.5 Å². The van der Waals surface area contributed by atoms with Crippen molar-refractivity contribution in [2.24, 2.45) is 0 Å². The second-order valence-corrected chi connectivity index (χ2v) is 4.90. The number of benzene rings is 1. The van der Waals surface area contributed by atoms with Crippen molar-refractivity contribution in [2.45, 2.75) is 18.9 Å². The lowest BCUT2D eigenvalue weighted by Crippen LogP contribution is -2.35. The standard InChI is InChI=1S/C15H16N2O3/c18-9-8-17(12-6-7-12)15(19)13-10-14(20-16-13)11-4-2-1-3-5-11/h1-5,10,12,18H,6-9H2. The van der Waals surface area contributed by atoms with E-state index in [9.17, 15) is 4.79 Å². The van der Waals surface area contributed by atoms with Crippen molar-refractivity contribution in [3.8, 4) is 11.3 Å². The first-order valence-corrected chi connectivity index (χ1v) is 6.73. The summed E-state index contributed by atoms with van der Waals surface area (Å²) in [7, 11) is 0. The average molecular weight is 272 g/mol.